The van der Waals surface area contributed by atoms with Crippen LogP contribution in [0.4, 0.5) is 17.1 Å². The molecule has 4 aromatic carbocycles. The van der Waals surface area contributed by atoms with Gasteiger partial charge in [0.15, 0.2) is 0 Å². The molecule has 0 spiro atoms. The quantitative estimate of drug-likeness (QED) is 0.362. The number of hydrogen-bond donors (Lipinski definition) is 0. The molecule has 1 aliphatic rings. The van der Waals surface area contributed by atoms with E-state index in [1.807, 2.05) is 18.0 Å². The maximum Gasteiger partial charge on any atom is 0.0636 e. The van der Waals surface area contributed by atoms with Gasteiger partial charge < -0.3 is 4.90 Å². The van der Waals surface area contributed by atoms with Gasteiger partial charge in [-0.2, -0.15) is 0 Å². The maximum atomic E-state index is 4.69. The molecule has 1 heterocycles. The highest BCUT2D eigenvalue weighted by molar-refractivity contribution is 7.99. The molecule has 0 radical (unpaired) electrons. The van der Waals surface area contributed by atoms with E-state index in [9.17, 15) is 0 Å². The van der Waals surface area contributed by atoms with E-state index in [0.29, 0.717) is 0 Å². The van der Waals surface area contributed by atoms with Gasteiger partial charge in [0, 0.05) is 23.1 Å². The smallest absolute Gasteiger partial charge is 0.0636 e. The summed E-state index contributed by atoms with van der Waals surface area (Å²) in [7, 11) is 2.13. The summed E-state index contributed by atoms with van der Waals surface area (Å²) in [5, 5.41) is 2.45. The van der Waals surface area contributed by atoms with Crippen molar-refractivity contribution in [1.82, 2.24) is 0 Å². The van der Waals surface area contributed by atoms with Crippen molar-refractivity contribution in [3.63, 3.8) is 0 Å². The van der Waals surface area contributed by atoms with E-state index in [-0.39, 0.29) is 0 Å². The second kappa shape index (κ2) is 6.60. The fourth-order valence-corrected chi connectivity index (χ4v) is 4.57. The summed E-state index contributed by atoms with van der Waals surface area (Å²) in [4.78, 5) is 9.53. The van der Waals surface area contributed by atoms with Gasteiger partial charge in [-0.25, -0.2) is 0 Å². The van der Waals surface area contributed by atoms with Crippen LogP contribution >= 0.6 is 11.8 Å². The van der Waals surface area contributed by atoms with Crippen LogP contribution in [-0.2, 0) is 0 Å². The predicted molar refractivity (Wildman–Crippen MR) is 116 cm³/mol. The Morgan fingerprint density at radius 1 is 0.741 bits per heavy atom. The Kier molecular flexibility index (Phi) is 3.95. The van der Waals surface area contributed by atoms with E-state index in [1.54, 1.807) is 0 Å². The van der Waals surface area contributed by atoms with Crippen molar-refractivity contribution in [3.05, 3.63) is 90.5 Å². The van der Waals surface area contributed by atoms with Crippen LogP contribution in [0.3, 0.4) is 0 Å². The lowest BCUT2D eigenvalue weighted by Gasteiger charge is -2.29. The van der Waals surface area contributed by atoms with Crippen LogP contribution in [0.1, 0.15) is 5.56 Å². The Hall–Kier alpha value is -3.04. The second-order valence-corrected chi connectivity index (χ2v) is 7.73. The molecule has 5 rings (SSSR count). The molecule has 0 N–H and O–H groups in total. The van der Waals surface area contributed by atoms with Gasteiger partial charge in [0.2, 0.25) is 0 Å². The zero-order valence-electron chi connectivity index (χ0n) is 15.0. The van der Waals surface area contributed by atoms with Crippen molar-refractivity contribution in [1.29, 1.82) is 0 Å². The van der Waals surface area contributed by atoms with E-state index < -0.39 is 0 Å². The number of aliphatic imine (C=N–C) groups is 1. The Morgan fingerprint density at radius 2 is 1.52 bits per heavy atom. The lowest BCUT2D eigenvalue weighted by molar-refractivity contribution is 1.11. The molecule has 2 nitrogen and oxygen atoms in total. The molecule has 0 saturated heterocycles. The molecule has 1 aliphatic heterocycles. The molecular weight excluding hydrogens is 348 g/mol. The molecule has 0 unspecified atom stereocenters. The standard InChI is InChI=1S/C24H18N2S/c1-26-21-8-4-5-9-23(21)27-24-13-10-17(14-22(24)26)16-25-20-12-11-18-6-2-3-7-19(18)15-20/h2-16H,1H3. The fourth-order valence-electron chi connectivity index (χ4n) is 3.44. The summed E-state index contributed by atoms with van der Waals surface area (Å²) in [6, 6.07) is 29.7. The summed E-state index contributed by atoms with van der Waals surface area (Å²) < 4.78 is 0. The summed E-state index contributed by atoms with van der Waals surface area (Å²) in [5.41, 5.74) is 4.55. The van der Waals surface area contributed by atoms with Gasteiger partial charge in [0.25, 0.3) is 0 Å². The van der Waals surface area contributed by atoms with Crippen molar-refractivity contribution in [2.45, 2.75) is 9.79 Å². The number of fused-ring (bicyclic) bond motifs is 3. The van der Waals surface area contributed by atoms with Crippen molar-refractivity contribution in [2.75, 3.05) is 11.9 Å². The Bertz CT molecular complexity index is 1180. The SMILES string of the molecule is CN1c2ccccc2Sc2ccc(C=Nc3ccc4ccccc4c3)cc21. The molecule has 0 aromatic heterocycles. The van der Waals surface area contributed by atoms with Crippen LogP contribution in [0, 0.1) is 0 Å². The average Bonchev–Trinajstić information content (AvgIpc) is 2.72. The summed E-state index contributed by atoms with van der Waals surface area (Å²) in [6.07, 6.45) is 1.95. The molecule has 130 valence electrons. The molecule has 0 amide bonds. The van der Waals surface area contributed by atoms with Crippen molar-refractivity contribution in [2.24, 2.45) is 4.99 Å². The third-order valence-corrected chi connectivity index (χ3v) is 6.02. The van der Waals surface area contributed by atoms with E-state index in [2.05, 4.69) is 96.9 Å². The third-order valence-electron chi connectivity index (χ3n) is 4.89. The first-order valence-electron chi connectivity index (χ1n) is 8.95. The van der Waals surface area contributed by atoms with Crippen molar-refractivity contribution < 1.29 is 0 Å². The summed E-state index contributed by atoms with van der Waals surface area (Å²) in [5.74, 6) is 0. The molecule has 0 bridgehead atoms. The first-order chi connectivity index (χ1) is 13.3. The van der Waals surface area contributed by atoms with Gasteiger partial charge in [0.05, 0.1) is 17.1 Å². The zero-order chi connectivity index (χ0) is 18.2. The number of anilines is 2. The normalized spacial score (nSPS) is 13.0. The fraction of sp³-hybridized carbons (Fsp3) is 0.0417. The highest BCUT2D eigenvalue weighted by Gasteiger charge is 2.20. The van der Waals surface area contributed by atoms with E-state index in [1.165, 1.54) is 31.9 Å². The predicted octanol–water partition coefficient (Wildman–Crippen LogP) is 6.82. The van der Waals surface area contributed by atoms with Crippen LogP contribution in [0.5, 0.6) is 0 Å². The summed E-state index contributed by atoms with van der Waals surface area (Å²) in [6.45, 7) is 0. The topological polar surface area (TPSA) is 15.6 Å². The first-order valence-corrected chi connectivity index (χ1v) is 9.77. The van der Waals surface area contributed by atoms with Crippen molar-refractivity contribution in [3.8, 4) is 0 Å². The molecule has 0 aliphatic carbocycles. The molecule has 0 saturated carbocycles. The van der Waals surface area contributed by atoms with E-state index >= 15 is 0 Å². The number of nitrogens with zero attached hydrogens (tertiary/aromatic N) is 2. The second-order valence-electron chi connectivity index (χ2n) is 6.65. The minimum Gasteiger partial charge on any atom is -0.343 e. The van der Waals surface area contributed by atoms with Gasteiger partial charge in [-0.3, -0.25) is 4.99 Å². The van der Waals surface area contributed by atoms with Crippen molar-refractivity contribution >= 4 is 45.8 Å². The van der Waals surface area contributed by atoms with Gasteiger partial charge in [0.1, 0.15) is 0 Å². The molecule has 3 heteroatoms. The van der Waals surface area contributed by atoms with Gasteiger partial charge >= 0.3 is 0 Å². The molecule has 0 fully saturated rings. The van der Waals surface area contributed by atoms with Crippen LogP contribution in [-0.4, -0.2) is 13.3 Å². The van der Waals surface area contributed by atoms with Gasteiger partial charge in [-0.05, 0) is 52.7 Å². The van der Waals surface area contributed by atoms with Crippen LogP contribution < -0.4 is 4.90 Å². The number of benzene rings is 4. The molecule has 27 heavy (non-hydrogen) atoms. The largest absolute Gasteiger partial charge is 0.343 e. The highest BCUT2D eigenvalue weighted by Crippen LogP contribution is 2.47. The monoisotopic (exact) mass is 366 g/mol. The Labute approximate surface area is 163 Å². The number of para-hydroxylation sites is 1. The molecule has 0 atom stereocenters. The van der Waals surface area contributed by atoms with E-state index in [4.69, 9.17) is 4.99 Å². The Balaban J connectivity index is 1.46. The highest BCUT2D eigenvalue weighted by atomic mass is 32.2. The lowest BCUT2D eigenvalue weighted by Crippen LogP contribution is -2.14. The van der Waals surface area contributed by atoms with Crippen LogP contribution in [0.15, 0.2) is 99.7 Å². The van der Waals surface area contributed by atoms with E-state index in [0.717, 1.165) is 11.3 Å². The molecule has 4 aromatic rings. The summed E-state index contributed by atoms with van der Waals surface area (Å²) >= 11 is 1.82. The Morgan fingerprint density at radius 3 is 2.44 bits per heavy atom. The minimum atomic E-state index is 0.972. The minimum absolute atomic E-state index is 0.972. The third kappa shape index (κ3) is 3.00. The zero-order valence-corrected chi connectivity index (χ0v) is 15.8. The lowest BCUT2D eigenvalue weighted by atomic mass is 10.1. The first kappa shape index (κ1) is 16.2. The van der Waals surface area contributed by atoms with Gasteiger partial charge in [-0.15, -0.1) is 0 Å². The average molecular weight is 366 g/mol. The van der Waals surface area contributed by atoms with Gasteiger partial charge in [-0.1, -0.05) is 60.3 Å². The number of rotatable bonds is 2. The van der Waals surface area contributed by atoms with Crippen LogP contribution in [0.2, 0.25) is 0 Å². The maximum absolute atomic E-state index is 4.69. The van der Waals surface area contributed by atoms with Crippen LogP contribution in [0.25, 0.3) is 10.8 Å². The number of hydrogen-bond acceptors (Lipinski definition) is 3. The molecular formula is C24H18N2S.